The van der Waals surface area contributed by atoms with Gasteiger partial charge in [0.15, 0.2) is 0 Å². The van der Waals surface area contributed by atoms with E-state index in [1.54, 1.807) is 12.1 Å². The highest BCUT2D eigenvalue weighted by Gasteiger charge is 2.43. The summed E-state index contributed by atoms with van der Waals surface area (Å²) in [7, 11) is 0. The number of hydrogen-bond acceptors (Lipinski definition) is 5. The number of rotatable bonds is 8. The monoisotopic (exact) mass is 575 g/mol. The molecule has 1 N–H and O–H groups in total. The van der Waals surface area contributed by atoms with Gasteiger partial charge >= 0.3 is 24.1 Å². The fraction of sp³-hybridized carbons (Fsp3) is 0.161. The lowest BCUT2D eigenvalue weighted by Gasteiger charge is -2.43. The molecule has 0 aromatic heterocycles. The number of anilines is 1. The Hall–Kier alpha value is -5.37. The second-order valence-electron chi connectivity index (χ2n) is 9.32. The van der Waals surface area contributed by atoms with Gasteiger partial charge in [0.2, 0.25) is 0 Å². The number of carboxylic acids is 1. The second-order valence-corrected chi connectivity index (χ2v) is 9.32. The zero-order valence-corrected chi connectivity index (χ0v) is 22.3. The van der Waals surface area contributed by atoms with E-state index in [2.05, 4.69) is 6.58 Å². The summed E-state index contributed by atoms with van der Waals surface area (Å²) in [4.78, 5) is 41.3. The van der Waals surface area contributed by atoms with Crippen LogP contribution < -0.4 is 4.90 Å². The molecule has 0 saturated heterocycles. The van der Waals surface area contributed by atoms with Gasteiger partial charge in [-0.3, -0.25) is 4.90 Å². The highest BCUT2D eigenvalue weighted by atomic mass is 19.4. The van der Waals surface area contributed by atoms with Crippen LogP contribution in [0.4, 0.5) is 23.7 Å². The number of halogens is 3. The number of nitriles is 1. The first-order valence-electron chi connectivity index (χ1n) is 12.5. The van der Waals surface area contributed by atoms with E-state index >= 15 is 0 Å². The summed E-state index contributed by atoms with van der Waals surface area (Å²) in [6.07, 6.45) is -3.33. The molecule has 0 radical (unpaired) electrons. The third kappa shape index (κ3) is 6.02. The van der Waals surface area contributed by atoms with Crippen molar-refractivity contribution >= 4 is 23.7 Å². The molecule has 214 valence electrons. The minimum absolute atomic E-state index is 0.0132. The first-order chi connectivity index (χ1) is 20.0. The number of esters is 1. The van der Waals surface area contributed by atoms with Crippen molar-refractivity contribution in [2.24, 2.45) is 0 Å². The van der Waals surface area contributed by atoms with Crippen molar-refractivity contribution in [2.75, 3.05) is 11.5 Å². The van der Waals surface area contributed by atoms with Gasteiger partial charge in [0.25, 0.3) is 0 Å². The highest BCUT2D eigenvalue weighted by molar-refractivity contribution is 6.03. The summed E-state index contributed by atoms with van der Waals surface area (Å²) in [5, 5.41) is 18.5. The van der Waals surface area contributed by atoms with Crippen LogP contribution >= 0.6 is 0 Å². The Morgan fingerprint density at radius 1 is 1.10 bits per heavy atom. The maximum Gasteiger partial charge on any atom is 0.416 e. The van der Waals surface area contributed by atoms with Crippen molar-refractivity contribution in [2.45, 2.75) is 25.7 Å². The molecule has 0 fully saturated rings. The molecule has 42 heavy (non-hydrogen) atoms. The zero-order valence-electron chi connectivity index (χ0n) is 22.3. The average molecular weight is 576 g/mol. The number of urea groups is 1. The Bertz CT molecular complexity index is 1610. The molecular formula is C31H24F3N3O5. The van der Waals surface area contributed by atoms with Gasteiger partial charge in [-0.2, -0.15) is 18.4 Å². The lowest BCUT2D eigenvalue weighted by Crippen LogP contribution is -2.50. The summed E-state index contributed by atoms with van der Waals surface area (Å²) in [5.74, 6) is -1.97. The quantitative estimate of drug-likeness (QED) is 0.244. The Morgan fingerprint density at radius 3 is 2.33 bits per heavy atom. The Labute approximate surface area is 239 Å². The fourth-order valence-corrected chi connectivity index (χ4v) is 4.65. The smallest absolute Gasteiger partial charge is 0.416 e. The van der Waals surface area contributed by atoms with Crippen LogP contribution in [-0.2, 0) is 22.3 Å². The Kier molecular flexibility index (Phi) is 8.47. The largest absolute Gasteiger partial charge is 0.478 e. The molecule has 0 aliphatic carbocycles. The third-order valence-electron chi connectivity index (χ3n) is 6.64. The maximum absolute atomic E-state index is 14.2. The van der Waals surface area contributed by atoms with Crippen LogP contribution in [0.2, 0.25) is 0 Å². The van der Waals surface area contributed by atoms with E-state index in [0.717, 1.165) is 23.1 Å². The summed E-state index contributed by atoms with van der Waals surface area (Å²) < 4.78 is 46.2. The van der Waals surface area contributed by atoms with Crippen molar-refractivity contribution < 1.29 is 37.4 Å². The maximum atomic E-state index is 14.2. The summed E-state index contributed by atoms with van der Waals surface area (Å²) >= 11 is 0. The fourth-order valence-electron chi connectivity index (χ4n) is 4.65. The van der Waals surface area contributed by atoms with Gasteiger partial charge < -0.3 is 14.7 Å². The van der Waals surface area contributed by atoms with Gasteiger partial charge in [-0.25, -0.2) is 14.4 Å². The van der Waals surface area contributed by atoms with Crippen molar-refractivity contribution in [3.8, 4) is 6.07 Å². The van der Waals surface area contributed by atoms with Crippen LogP contribution in [0, 0.1) is 11.3 Å². The van der Waals surface area contributed by atoms with E-state index in [9.17, 15) is 37.9 Å². The van der Waals surface area contributed by atoms with Crippen LogP contribution in [0.15, 0.2) is 96.7 Å². The molecule has 1 unspecified atom stereocenters. The van der Waals surface area contributed by atoms with Crippen molar-refractivity contribution in [1.29, 1.82) is 5.26 Å². The number of hydrogen-bond donors (Lipinski definition) is 1. The molecule has 11 heteroatoms. The normalized spacial score (nSPS) is 15.3. The number of alkyl halides is 3. The zero-order chi connectivity index (χ0) is 30.6. The van der Waals surface area contributed by atoms with Crippen molar-refractivity contribution in [3.05, 3.63) is 125 Å². The number of carbonyl (C=O) groups is 3. The van der Waals surface area contributed by atoms with Crippen molar-refractivity contribution in [3.63, 3.8) is 0 Å². The van der Waals surface area contributed by atoms with Crippen LogP contribution in [0.3, 0.4) is 0 Å². The number of allylic oxidation sites excluding steroid dienone is 1. The predicted octanol–water partition coefficient (Wildman–Crippen LogP) is 6.46. The van der Waals surface area contributed by atoms with E-state index in [1.807, 2.05) is 6.07 Å². The summed E-state index contributed by atoms with van der Waals surface area (Å²) in [6.45, 7) is 4.67. The van der Waals surface area contributed by atoms with Crippen LogP contribution in [-0.4, -0.2) is 34.6 Å². The lowest BCUT2D eigenvalue weighted by molar-refractivity contribution is -0.139. The topological polar surface area (TPSA) is 111 Å². The van der Waals surface area contributed by atoms with Gasteiger partial charge in [-0.05, 0) is 60.5 Å². The first kappa shape index (κ1) is 29.6. The standard InChI is InChI=1S/C31H24F3N3O5/c1-3-15-42-29(40)26-19(2)37(25-6-4-5-24(16-25)31(32,33)34)30(41)36(18-21-9-13-23(14-10-21)28(38)39)27(26)22-11-7-20(17-35)8-12-22/h3-14,16,27H,1,15,18H2,2H3,(H,38,39). The lowest BCUT2D eigenvalue weighted by atomic mass is 9.91. The molecule has 1 atom stereocenters. The van der Waals surface area contributed by atoms with E-state index in [4.69, 9.17) is 4.74 Å². The van der Waals surface area contributed by atoms with Gasteiger partial charge in [0.05, 0.1) is 40.1 Å². The molecule has 0 saturated carbocycles. The second kappa shape index (κ2) is 12.0. The highest BCUT2D eigenvalue weighted by Crippen LogP contribution is 2.42. The van der Waals surface area contributed by atoms with Crippen LogP contribution in [0.1, 0.15) is 45.6 Å². The number of nitrogens with zero attached hydrogens (tertiary/aromatic N) is 3. The molecule has 4 rings (SSSR count). The minimum atomic E-state index is -4.69. The minimum Gasteiger partial charge on any atom is -0.478 e. The predicted molar refractivity (Wildman–Crippen MR) is 146 cm³/mol. The van der Waals surface area contributed by atoms with Gasteiger partial charge in [-0.1, -0.05) is 43.0 Å². The molecule has 3 aromatic rings. The van der Waals surface area contributed by atoms with Gasteiger partial charge in [0.1, 0.15) is 6.61 Å². The Morgan fingerprint density at radius 2 is 1.76 bits per heavy atom. The van der Waals surface area contributed by atoms with E-state index in [1.165, 1.54) is 60.4 Å². The number of benzene rings is 3. The number of carboxylic acid groups (broad SMARTS) is 1. The third-order valence-corrected chi connectivity index (χ3v) is 6.64. The van der Waals surface area contributed by atoms with E-state index in [-0.39, 0.29) is 35.7 Å². The average Bonchev–Trinajstić information content (AvgIpc) is 2.97. The molecule has 2 amide bonds. The molecule has 0 bridgehead atoms. The molecule has 1 aliphatic heterocycles. The first-order valence-corrected chi connectivity index (χ1v) is 12.5. The van der Waals surface area contributed by atoms with Gasteiger partial charge in [0, 0.05) is 12.2 Å². The van der Waals surface area contributed by atoms with Crippen molar-refractivity contribution in [1.82, 2.24) is 4.90 Å². The number of ether oxygens (including phenoxy) is 1. The number of amides is 2. The SMILES string of the molecule is C=CCOC(=O)C1=C(C)N(c2cccc(C(F)(F)F)c2)C(=O)N(Cc2ccc(C(=O)O)cc2)C1c1ccc(C#N)cc1. The molecule has 1 aliphatic rings. The number of carbonyl (C=O) groups excluding carboxylic acids is 2. The molecule has 1 heterocycles. The van der Waals surface area contributed by atoms with Gasteiger partial charge in [-0.15, -0.1) is 0 Å². The number of aromatic carboxylic acids is 1. The molecule has 8 nitrogen and oxygen atoms in total. The van der Waals surface area contributed by atoms with Crippen LogP contribution in [0.25, 0.3) is 0 Å². The Balaban J connectivity index is 1.94. The van der Waals surface area contributed by atoms with E-state index < -0.39 is 35.8 Å². The molecule has 3 aromatic carbocycles. The molecular weight excluding hydrogens is 551 g/mol. The van der Waals surface area contributed by atoms with E-state index in [0.29, 0.717) is 16.7 Å². The van der Waals surface area contributed by atoms with Crippen LogP contribution in [0.5, 0.6) is 0 Å². The summed E-state index contributed by atoms with van der Waals surface area (Å²) in [5.41, 5.74) is 0.224. The summed E-state index contributed by atoms with van der Waals surface area (Å²) in [6, 6.07) is 16.3. The molecule has 0 spiro atoms.